The second kappa shape index (κ2) is 6.64. The molecule has 1 N–H and O–H groups in total. The molecule has 132 valence electrons. The van der Waals surface area contributed by atoms with Crippen LogP contribution in [0, 0.1) is 0 Å². The third kappa shape index (κ3) is 4.21. The van der Waals surface area contributed by atoms with E-state index in [9.17, 15) is 13.2 Å². The van der Waals surface area contributed by atoms with E-state index in [4.69, 9.17) is 4.74 Å². The van der Waals surface area contributed by atoms with E-state index in [1.165, 1.54) is 0 Å². The fourth-order valence-corrected chi connectivity index (χ4v) is 4.00. The molecule has 1 aromatic heterocycles. The van der Waals surface area contributed by atoms with Crippen molar-refractivity contribution < 1.29 is 17.9 Å². The summed E-state index contributed by atoms with van der Waals surface area (Å²) in [6.45, 7) is 1.57. The van der Waals surface area contributed by atoms with Crippen molar-refractivity contribution in [3.8, 4) is 0 Å². The number of likely N-dealkylation sites (tertiary alicyclic amines) is 1. The number of hydrogen-bond acceptors (Lipinski definition) is 7. The molecule has 2 saturated heterocycles. The smallest absolute Gasteiger partial charge is 0.237 e. The summed E-state index contributed by atoms with van der Waals surface area (Å²) in [5.74, 6) is -0.204. The van der Waals surface area contributed by atoms with Crippen LogP contribution in [0.3, 0.4) is 0 Å². The highest BCUT2D eigenvalue weighted by Crippen LogP contribution is 2.35. The summed E-state index contributed by atoms with van der Waals surface area (Å²) in [5.41, 5.74) is -0.405. The fourth-order valence-electron chi connectivity index (χ4n) is 3.36. The maximum atomic E-state index is 12.1. The Morgan fingerprint density at radius 3 is 2.92 bits per heavy atom. The molecule has 1 amide bonds. The topological polar surface area (TPSA) is 101 Å². The van der Waals surface area contributed by atoms with Gasteiger partial charge < -0.3 is 15.0 Å². The molecule has 0 aliphatic carbocycles. The maximum Gasteiger partial charge on any atom is 0.237 e. The van der Waals surface area contributed by atoms with Gasteiger partial charge in [0.05, 0.1) is 5.60 Å². The highest BCUT2D eigenvalue weighted by atomic mass is 32.2. The molecule has 9 heteroatoms. The molecule has 0 radical (unpaired) electrons. The standard InChI is InChI=1S/C15H22N4O4S/c1-24(21,22)10-13(20)19-7-4-15(11-19)9-12(3-8-23-15)18-14-16-5-2-6-17-14/h2,5-6,12H,3-4,7-11H2,1H3,(H,16,17,18)/t12-,15-/m1/s1. The van der Waals surface area contributed by atoms with Gasteiger partial charge in [0, 0.05) is 44.4 Å². The average Bonchev–Trinajstić information content (AvgIpc) is 2.90. The van der Waals surface area contributed by atoms with E-state index in [-0.39, 0.29) is 11.9 Å². The Balaban J connectivity index is 1.61. The first kappa shape index (κ1) is 17.1. The molecule has 8 nitrogen and oxygen atoms in total. The lowest BCUT2D eigenvalue weighted by molar-refractivity contribution is -0.130. The number of aromatic nitrogens is 2. The lowest BCUT2D eigenvalue weighted by atomic mass is 9.89. The zero-order chi connectivity index (χ0) is 17.2. The number of carbonyl (C=O) groups excluding carboxylic acids is 1. The van der Waals surface area contributed by atoms with E-state index in [1.54, 1.807) is 23.4 Å². The monoisotopic (exact) mass is 354 g/mol. The van der Waals surface area contributed by atoms with Crippen LogP contribution < -0.4 is 5.32 Å². The quantitative estimate of drug-likeness (QED) is 0.817. The predicted molar refractivity (Wildman–Crippen MR) is 88.3 cm³/mol. The van der Waals surface area contributed by atoms with E-state index in [2.05, 4.69) is 15.3 Å². The minimum Gasteiger partial charge on any atom is -0.373 e. The minimum atomic E-state index is -3.32. The van der Waals surface area contributed by atoms with Gasteiger partial charge >= 0.3 is 0 Å². The Hall–Kier alpha value is -1.74. The second-order valence-electron chi connectivity index (χ2n) is 6.57. The van der Waals surface area contributed by atoms with Gasteiger partial charge in [-0.15, -0.1) is 0 Å². The Kier molecular flexibility index (Phi) is 4.73. The van der Waals surface area contributed by atoms with Gasteiger partial charge in [-0.2, -0.15) is 0 Å². The molecule has 0 saturated carbocycles. The first-order chi connectivity index (χ1) is 11.4. The maximum absolute atomic E-state index is 12.1. The molecule has 24 heavy (non-hydrogen) atoms. The van der Waals surface area contributed by atoms with Gasteiger partial charge in [-0.05, 0) is 25.3 Å². The van der Waals surface area contributed by atoms with E-state index >= 15 is 0 Å². The van der Waals surface area contributed by atoms with Crippen LogP contribution in [-0.2, 0) is 19.4 Å². The summed E-state index contributed by atoms with van der Waals surface area (Å²) in [7, 11) is -3.32. The Labute approximate surface area is 141 Å². The first-order valence-electron chi connectivity index (χ1n) is 7.98. The number of sulfone groups is 1. The number of nitrogens with zero attached hydrogens (tertiary/aromatic N) is 3. The van der Waals surface area contributed by atoms with Crippen LogP contribution in [0.25, 0.3) is 0 Å². The van der Waals surface area contributed by atoms with Gasteiger partial charge in [0.15, 0.2) is 9.84 Å². The van der Waals surface area contributed by atoms with Gasteiger partial charge in [-0.3, -0.25) is 4.79 Å². The van der Waals surface area contributed by atoms with Crippen molar-refractivity contribution in [2.45, 2.75) is 30.9 Å². The van der Waals surface area contributed by atoms with Crippen LogP contribution >= 0.6 is 0 Å². The normalized spacial score (nSPS) is 27.4. The molecule has 1 spiro atoms. The number of amides is 1. The van der Waals surface area contributed by atoms with Crippen molar-refractivity contribution in [2.24, 2.45) is 0 Å². The van der Waals surface area contributed by atoms with E-state index in [0.29, 0.717) is 25.6 Å². The van der Waals surface area contributed by atoms with Crippen LogP contribution in [0.1, 0.15) is 19.3 Å². The lowest BCUT2D eigenvalue weighted by Gasteiger charge is -2.38. The summed E-state index contributed by atoms with van der Waals surface area (Å²) >= 11 is 0. The summed E-state index contributed by atoms with van der Waals surface area (Å²) in [5, 5.41) is 3.31. The molecule has 2 aliphatic heterocycles. The van der Waals surface area contributed by atoms with Gasteiger partial charge in [-0.1, -0.05) is 0 Å². The number of rotatable bonds is 4. The molecule has 3 heterocycles. The van der Waals surface area contributed by atoms with Crippen molar-refractivity contribution in [1.29, 1.82) is 0 Å². The average molecular weight is 354 g/mol. The van der Waals surface area contributed by atoms with E-state index in [1.807, 2.05) is 0 Å². The van der Waals surface area contributed by atoms with E-state index in [0.717, 1.165) is 25.5 Å². The highest BCUT2D eigenvalue weighted by Gasteiger charge is 2.45. The highest BCUT2D eigenvalue weighted by molar-refractivity contribution is 7.91. The molecule has 2 fully saturated rings. The number of ether oxygens (including phenoxy) is 1. The van der Waals surface area contributed by atoms with Crippen molar-refractivity contribution >= 4 is 21.7 Å². The molecule has 2 aliphatic rings. The Morgan fingerprint density at radius 2 is 2.21 bits per heavy atom. The van der Waals surface area contributed by atoms with Crippen molar-refractivity contribution in [1.82, 2.24) is 14.9 Å². The molecule has 1 aromatic rings. The fraction of sp³-hybridized carbons (Fsp3) is 0.667. The third-order valence-corrected chi connectivity index (χ3v) is 5.22. The van der Waals surface area contributed by atoms with Crippen LogP contribution in [0.15, 0.2) is 18.5 Å². The van der Waals surface area contributed by atoms with E-state index < -0.39 is 21.2 Å². The molecule has 3 rings (SSSR count). The summed E-state index contributed by atoms with van der Waals surface area (Å²) in [4.78, 5) is 22.1. The summed E-state index contributed by atoms with van der Waals surface area (Å²) < 4.78 is 28.6. The van der Waals surface area contributed by atoms with Gasteiger partial charge in [0.2, 0.25) is 11.9 Å². The largest absolute Gasteiger partial charge is 0.373 e. The molecule has 2 atom stereocenters. The lowest BCUT2D eigenvalue weighted by Crippen LogP contribution is -2.47. The van der Waals surface area contributed by atoms with Crippen LogP contribution in [0.2, 0.25) is 0 Å². The zero-order valence-electron chi connectivity index (χ0n) is 13.6. The van der Waals surface area contributed by atoms with Crippen LogP contribution in [0.5, 0.6) is 0 Å². The van der Waals surface area contributed by atoms with Crippen LogP contribution in [-0.4, -0.2) is 72.5 Å². The molecular weight excluding hydrogens is 332 g/mol. The second-order valence-corrected chi connectivity index (χ2v) is 8.71. The zero-order valence-corrected chi connectivity index (χ0v) is 14.5. The number of hydrogen-bond donors (Lipinski definition) is 1. The third-order valence-electron chi connectivity index (χ3n) is 4.45. The van der Waals surface area contributed by atoms with Crippen molar-refractivity contribution in [3.63, 3.8) is 0 Å². The van der Waals surface area contributed by atoms with Crippen molar-refractivity contribution in [3.05, 3.63) is 18.5 Å². The number of anilines is 1. The minimum absolute atomic E-state index is 0.172. The summed E-state index contributed by atoms with van der Waals surface area (Å²) in [6, 6.07) is 1.94. The SMILES string of the molecule is CS(=O)(=O)CC(=O)N1CC[C@@]2(C[C@H](Nc3ncccn3)CCO2)C1. The Morgan fingerprint density at radius 1 is 1.46 bits per heavy atom. The van der Waals surface area contributed by atoms with Crippen molar-refractivity contribution in [2.75, 3.05) is 37.0 Å². The first-order valence-corrected chi connectivity index (χ1v) is 10.0. The van der Waals surface area contributed by atoms with Gasteiger partial charge in [0.25, 0.3) is 0 Å². The predicted octanol–water partition coefficient (Wildman–Crippen LogP) is 0.0832. The molecular formula is C15H22N4O4S. The molecule has 0 bridgehead atoms. The van der Waals surface area contributed by atoms with Gasteiger partial charge in [-0.25, -0.2) is 18.4 Å². The summed E-state index contributed by atoms with van der Waals surface area (Å²) in [6.07, 6.45) is 6.76. The van der Waals surface area contributed by atoms with Crippen LogP contribution in [0.4, 0.5) is 5.95 Å². The Bertz CT molecular complexity index is 697. The number of carbonyl (C=O) groups is 1. The van der Waals surface area contributed by atoms with Gasteiger partial charge in [0.1, 0.15) is 5.75 Å². The molecule has 0 unspecified atom stereocenters. The molecule has 0 aromatic carbocycles. The number of nitrogens with one attached hydrogen (secondary N) is 1.